The second-order valence-electron chi connectivity index (χ2n) is 7.11. The average molecular weight is 317 g/mol. The summed E-state index contributed by atoms with van der Waals surface area (Å²) < 4.78 is 5.32. The van der Waals surface area contributed by atoms with Crippen molar-refractivity contribution in [2.75, 3.05) is 13.1 Å². The van der Waals surface area contributed by atoms with E-state index in [9.17, 15) is 4.79 Å². The molecular formula is C18H27N3O2. The number of hydrogen-bond acceptors (Lipinski definition) is 4. The third-order valence-electron chi connectivity index (χ3n) is 4.85. The first kappa shape index (κ1) is 16.2. The molecule has 23 heavy (non-hydrogen) atoms. The predicted molar refractivity (Wildman–Crippen MR) is 88.1 cm³/mol. The van der Waals surface area contributed by atoms with Crippen LogP contribution in [0.25, 0.3) is 0 Å². The van der Waals surface area contributed by atoms with Crippen LogP contribution in [0.1, 0.15) is 82.3 Å². The summed E-state index contributed by atoms with van der Waals surface area (Å²) in [4.78, 5) is 19.1. The zero-order valence-corrected chi connectivity index (χ0v) is 14.3. The van der Waals surface area contributed by atoms with Crippen molar-refractivity contribution in [3.8, 4) is 0 Å². The number of allylic oxidation sites excluding steroid dienone is 1. The van der Waals surface area contributed by atoms with Crippen LogP contribution in [-0.4, -0.2) is 34.0 Å². The number of nitrogens with zero attached hydrogens (tertiary/aromatic N) is 3. The van der Waals surface area contributed by atoms with Crippen molar-refractivity contribution in [3.63, 3.8) is 0 Å². The fourth-order valence-corrected chi connectivity index (χ4v) is 3.43. The topological polar surface area (TPSA) is 59.2 Å². The first-order valence-electron chi connectivity index (χ1n) is 8.92. The van der Waals surface area contributed by atoms with Crippen LogP contribution in [0.3, 0.4) is 0 Å². The lowest BCUT2D eigenvalue weighted by Crippen LogP contribution is -2.39. The first-order valence-corrected chi connectivity index (χ1v) is 8.92. The molecule has 0 radical (unpaired) electrons. The first-order chi connectivity index (χ1) is 11.1. The highest BCUT2D eigenvalue weighted by Crippen LogP contribution is 2.28. The molecule has 2 aliphatic rings. The normalized spacial score (nSPS) is 22.3. The van der Waals surface area contributed by atoms with Gasteiger partial charge < -0.3 is 9.42 Å². The van der Waals surface area contributed by atoms with Gasteiger partial charge >= 0.3 is 0 Å². The van der Waals surface area contributed by atoms with Gasteiger partial charge in [0, 0.05) is 31.3 Å². The molecular weight excluding hydrogens is 290 g/mol. The van der Waals surface area contributed by atoms with E-state index in [1.165, 1.54) is 18.4 Å². The van der Waals surface area contributed by atoms with Crippen molar-refractivity contribution in [2.45, 2.75) is 70.6 Å². The van der Waals surface area contributed by atoms with Gasteiger partial charge in [-0.2, -0.15) is 4.98 Å². The maximum absolute atomic E-state index is 12.6. The largest absolute Gasteiger partial charge is 0.342 e. The van der Waals surface area contributed by atoms with E-state index in [-0.39, 0.29) is 17.7 Å². The Bertz CT molecular complexity index is 577. The molecule has 1 aliphatic carbocycles. The van der Waals surface area contributed by atoms with Crippen LogP contribution in [0.15, 0.2) is 16.2 Å². The van der Waals surface area contributed by atoms with Crippen molar-refractivity contribution in [3.05, 3.63) is 23.4 Å². The zero-order valence-electron chi connectivity index (χ0n) is 14.3. The molecule has 1 unspecified atom stereocenters. The SMILES string of the molecule is CC(C)c1nc(C2CCCN(C(=O)CC3=CCCCC3)C2)no1. The number of rotatable bonds is 4. The number of carbonyl (C=O) groups excluding carboxylic acids is 1. The van der Waals surface area contributed by atoms with Gasteiger partial charge in [0.05, 0.1) is 0 Å². The molecule has 1 atom stereocenters. The quantitative estimate of drug-likeness (QED) is 0.793. The second-order valence-corrected chi connectivity index (χ2v) is 7.11. The van der Waals surface area contributed by atoms with Gasteiger partial charge in [0.1, 0.15) is 0 Å². The van der Waals surface area contributed by atoms with Gasteiger partial charge in [-0.1, -0.05) is 30.7 Å². The third-order valence-corrected chi connectivity index (χ3v) is 4.85. The van der Waals surface area contributed by atoms with Crippen LogP contribution in [0.5, 0.6) is 0 Å². The number of piperidine rings is 1. The predicted octanol–water partition coefficient (Wildman–Crippen LogP) is 3.79. The van der Waals surface area contributed by atoms with Crippen molar-refractivity contribution >= 4 is 5.91 Å². The average Bonchev–Trinajstić information content (AvgIpc) is 3.06. The van der Waals surface area contributed by atoms with Crippen LogP contribution in [-0.2, 0) is 4.79 Å². The van der Waals surface area contributed by atoms with Crippen LogP contribution in [0.4, 0.5) is 0 Å². The number of carbonyl (C=O) groups is 1. The summed E-state index contributed by atoms with van der Waals surface area (Å²) in [6.07, 6.45) is 9.61. The van der Waals surface area contributed by atoms with E-state index in [4.69, 9.17) is 4.52 Å². The minimum Gasteiger partial charge on any atom is -0.342 e. The molecule has 0 N–H and O–H groups in total. The van der Waals surface area contributed by atoms with E-state index in [1.54, 1.807) is 0 Å². The van der Waals surface area contributed by atoms with Crippen molar-refractivity contribution in [2.24, 2.45) is 0 Å². The summed E-state index contributed by atoms with van der Waals surface area (Å²) in [6, 6.07) is 0. The lowest BCUT2D eigenvalue weighted by molar-refractivity contribution is -0.131. The molecule has 0 aromatic carbocycles. The Kier molecular flexibility index (Phi) is 5.13. The molecule has 5 heteroatoms. The van der Waals surface area contributed by atoms with E-state index < -0.39 is 0 Å². The van der Waals surface area contributed by atoms with E-state index in [2.05, 4.69) is 16.2 Å². The molecule has 1 saturated heterocycles. The van der Waals surface area contributed by atoms with Crippen molar-refractivity contribution < 1.29 is 9.32 Å². The Morgan fingerprint density at radius 3 is 2.96 bits per heavy atom. The molecule has 0 spiro atoms. The molecule has 5 nitrogen and oxygen atoms in total. The summed E-state index contributed by atoms with van der Waals surface area (Å²) in [5.74, 6) is 2.18. The van der Waals surface area contributed by atoms with Crippen LogP contribution in [0, 0.1) is 0 Å². The van der Waals surface area contributed by atoms with E-state index in [0.29, 0.717) is 12.3 Å². The van der Waals surface area contributed by atoms with Crippen molar-refractivity contribution in [1.82, 2.24) is 15.0 Å². The van der Waals surface area contributed by atoms with E-state index in [1.807, 2.05) is 18.7 Å². The zero-order chi connectivity index (χ0) is 16.2. The van der Waals surface area contributed by atoms with Crippen molar-refractivity contribution in [1.29, 1.82) is 0 Å². The Hall–Kier alpha value is -1.65. The highest BCUT2D eigenvalue weighted by Gasteiger charge is 2.28. The Morgan fingerprint density at radius 1 is 1.39 bits per heavy atom. The maximum atomic E-state index is 12.6. The molecule has 2 heterocycles. The standard InChI is InChI=1S/C18H27N3O2/c1-13(2)18-19-17(20-23-18)15-9-6-10-21(12-15)16(22)11-14-7-4-3-5-8-14/h7,13,15H,3-6,8-12H2,1-2H3. The van der Waals surface area contributed by atoms with Crippen LogP contribution < -0.4 is 0 Å². The Labute approximate surface area is 138 Å². The molecule has 1 aliphatic heterocycles. The van der Waals surface area contributed by atoms with Gasteiger partial charge in [-0.15, -0.1) is 0 Å². The number of likely N-dealkylation sites (tertiary alicyclic amines) is 1. The van der Waals surface area contributed by atoms with Gasteiger partial charge in [0.15, 0.2) is 5.82 Å². The number of aromatic nitrogens is 2. The number of hydrogen-bond donors (Lipinski definition) is 0. The van der Waals surface area contributed by atoms with Crippen LogP contribution >= 0.6 is 0 Å². The minimum atomic E-state index is 0.212. The molecule has 1 aromatic heterocycles. The number of amides is 1. The summed E-state index contributed by atoms with van der Waals surface area (Å²) in [7, 11) is 0. The fourth-order valence-electron chi connectivity index (χ4n) is 3.43. The molecule has 0 bridgehead atoms. The lowest BCUT2D eigenvalue weighted by atomic mass is 9.94. The smallest absolute Gasteiger partial charge is 0.229 e. The van der Waals surface area contributed by atoms with Gasteiger partial charge in [-0.25, -0.2) is 0 Å². The van der Waals surface area contributed by atoms with E-state index >= 15 is 0 Å². The molecule has 0 saturated carbocycles. The lowest BCUT2D eigenvalue weighted by Gasteiger charge is -2.31. The molecule has 1 amide bonds. The molecule has 1 aromatic rings. The third kappa shape index (κ3) is 4.01. The highest BCUT2D eigenvalue weighted by molar-refractivity contribution is 5.79. The Morgan fingerprint density at radius 2 is 2.26 bits per heavy atom. The van der Waals surface area contributed by atoms with Gasteiger partial charge in [-0.3, -0.25) is 4.79 Å². The molecule has 1 fully saturated rings. The second kappa shape index (κ2) is 7.28. The highest BCUT2D eigenvalue weighted by atomic mass is 16.5. The summed E-state index contributed by atoms with van der Waals surface area (Å²) in [5.41, 5.74) is 1.32. The summed E-state index contributed by atoms with van der Waals surface area (Å²) in [5, 5.41) is 4.14. The fraction of sp³-hybridized carbons (Fsp3) is 0.722. The van der Waals surface area contributed by atoms with Gasteiger partial charge in [0.2, 0.25) is 11.8 Å². The van der Waals surface area contributed by atoms with Crippen LogP contribution in [0.2, 0.25) is 0 Å². The van der Waals surface area contributed by atoms with Gasteiger partial charge in [0.25, 0.3) is 0 Å². The monoisotopic (exact) mass is 317 g/mol. The minimum absolute atomic E-state index is 0.212. The summed E-state index contributed by atoms with van der Waals surface area (Å²) >= 11 is 0. The van der Waals surface area contributed by atoms with Gasteiger partial charge in [-0.05, 0) is 38.5 Å². The molecule has 3 rings (SSSR count). The molecule has 126 valence electrons. The van der Waals surface area contributed by atoms with E-state index in [0.717, 1.165) is 44.6 Å². The maximum Gasteiger partial charge on any atom is 0.229 e. The summed E-state index contributed by atoms with van der Waals surface area (Å²) in [6.45, 7) is 5.68. The Balaban J connectivity index is 1.60.